The maximum atomic E-state index is 5.66. The number of nitrogens with one attached hydrogen (secondary N) is 1. The second kappa shape index (κ2) is 5.16. The first-order valence-electron chi connectivity index (χ1n) is 6.63. The van der Waals surface area contributed by atoms with Gasteiger partial charge in [0.25, 0.3) is 0 Å². The molecule has 0 aromatic heterocycles. The lowest BCUT2D eigenvalue weighted by Crippen LogP contribution is -2.47. The summed E-state index contributed by atoms with van der Waals surface area (Å²) in [5.41, 5.74) is 2.51. The molecular weight excluding hydrogens is 228 g/mol. The zero-order chi connectivity index (χ0) is 12.4. The van der Waals surface area contributed by atoms with Gasteiger partial charge in [-0.25, -0.2) is 0 Å². The first kappa shape index (κ1) is 11.8. The summed E-state index contributed by atoms with van der Waals surface area (Å²) in [7, 11) is 0. The smallest absolute Gasteiger partial charge is 0.147 e. The Balaban J connectivity index is 1.77. The van der Waals surface area contributed by atoms with Gasteiger partial charge in [-0.1, -0.05) is 12.1 Å². The molecule has 0 radical (unpaired) electrons. The SMILES string of the molecule is CC1CNc2ccccc2N1CC1CCOCO1. The van der Waals surface area contributed by atoms with Crippen molar-refractivity contribution in [2.75, 3.05) is 36.7 Å². The van der Waals surface area contributed by atoms with Crippen LogP contribution in [0.5, 0.6) is 0 Å². The standard InChI is InChI=1S/C14H20N2O2/c1-11-8-15-13-4-2-3-5-14(13)16(11)9-12-6-7-17-10-18-12/h2-5,11-12,15H,6-10H2,1H3. The maximum absolute atomic E-state index is 5.66. The topological polar surface area (TPSA) is 33.7 Å². The van der Waals surface area contributed by atoms with Gasteiger partial charge in [-0.15, -0.1) is 0 Å². The zero-order valence-electron chi connectivity index (χ0n) is 10.8. The predicted octanol–water partition coefficient (Wildman–Crippen LogP) is 2.07. The van der Waals surface area contributed by atoms with E-state index in [4.69, 9.17) is 9.47 Å². The van der Waals surface area contributed by atoms with Crippen molar-refractivity contribution in [3.05, 3.63) is 24.3 Å². The van der Waals surface area contributed by atoms with E-state index in [1.807, 2.05) is 0 Å². The molecule has 18 heavy (non-hydrogen) atoms. The summed E-state index contributed by atoms with van der Waals surface area (Å²) in [5.74, 6) is 0. The van der Waals surface area contributed by atoms with E-state index in [-0.39, 0.29) is 6.10 Å². The molecule has 4 nitrogen and oxygen atoms in total. The summed E-state index contributed by atoms with van der Waals surface area (Å²) < 4.78 is 10.9. The van der Waals surface area contributed by atoms with Gasteiger partial charge >= 0.3 is 0 Å². The number of hydrogen-bond donors (Lipinski definition) is 1. The van der Waals surface area contributed by atoms with Crippen molar-refractivity contribution in [2.45, 2.75) is 25.5 Å². The van der Waals surface area contributed by atoms with Crippen molar-refractivity contribution in [3.8, 4) is 0 Å². The van der Waals surface area contributed by atoms with Crippen LogP contribution in [0.3, 0.4) is 0 Å². The van der Waals surface area contributed by atoms with Gasteiger partial charge in [0.2, 0.25) is 0 Å². The number of anilines is 2. The minimum absolute atomic E-state index is 0.285. The third kappa shape index (κ3) is 2.31. The van der Waals surface area contributed by atoms with Gasteiger partial charge in [-0.05, 0) is 25.5 Å². The number of para-hydroxylation sites is 2. The van der Waals surface area contributed by atoms with Gasteiger partial charge in [-0.2, -0.15) is 0 Å². The average molecular weight is 248 g/mol. The van der Waals surface area contributed by atoms with Gasteiger partial charge in [0.05, 0.1) is 24.1 Å². The van der Waals surface area contributed by atoms with Crippen LogP contribution in [-0.2, 0) is 9.47 Å². The highest BCUT2D eigenvalue weighted by molar-refractivity contribution is 5.72. The van der Waals surface area contributed by atoms with Crippen molar-refractivity contribution < 1.29 is 9.47 Å². The summed E-state index contributed by atoms with van der Waals surface area (Å²) in [4.78, 5) is 2.45. The molecule has 1 N–H and O–H groups in total. The molecule has 0 spiro atoms. The van der Waals surface area contributed by atoms with Crippen molar-refractivity contribution in [1.82, 2.24) is 0 Å². The first-order valence-corrected chi connectivity index (χ1v) is 6.63. The lowest BCUT2D eigenvalue weighted by molar-refractivity contribution is -0.135. The lowest BCUT2D eigenvalue weighted by atomic mass is 10.1. The van der Waals surface area contributed by atoms with Crippen LogP contribution in [0.1, 0.15) is 13.3 Å². The second-order valence-corrected chi connectivity index (χ2v) is 5.00. The largest absolute Gasteiger partial charge is 0.381 e. The molecule has 2 atom stereocenters. The molecule has 2 unspecified atom stereocenters. The highest BCUT2D eigenvalue weighted by Crippen LogP contribution is 2.31. The summed E-state index contributed by atoms with van der Waals surface area (Å²) in [6.07, 6.45) is 1.27. The number of fused-ring (bicyclic) bond motifs is 1. The molecule has 3 rings (SSSR count). The number of ether oxygens (including phenoxy) is 2. The Hall–Kier alpha value is -1.26. The summed E-state index contributed by atoms with van der Waals surface area (Å²) >= 11 is 0. The molecule has 0 amide bonds. The van der Waals surface area contributed by atoms with E-state index >= 15 is 0 Å². The van der Waals surface area contributed by atoms with E-state index in [0.29, 0.717) is 12.8 Å². The Labute approximate surface area is 108 Å². The molecule has 0 saturated carbocycles. The molecule has 1 aromatic rings. The average Bonchev–Trinajstić information content (AvgIpc) is 2.43. The van der Waals surface area contributed by atoms with Crippen molar-refractivity contribution in [1.29, 1.82) is 0 Å². The van der Waals surface area contributed by atoms with E-state index in [9.17, 15) is 0 Å². The van der Waals surface area contributed by atoms with E-state index in [1.165, 1.54) is 11.4 Å². The van der Waals surface area contributed by atoms with Crippen LogP contribution in [0.15, 0.2) is 24.3 Å². The molecule has 1 fully saturated rings. The molecule has 2 aliphatic rings. The van der Waals surface area contributed by atoms with E-state index < -0.39 is 0 Å². The Kier molecular flexibility index (Phi) is 3.39. The highest BCUT2D eigenvalue weighted by Gasteiger charge is 2.26. The predicted molar refractivity (Wildman–Crippen MR) is 72.0 cm³/mol. The molecular formula is C14H20N2O2. The van der Waals surface area contributed by atoms with Crippen LogP contribution in [0.4, 0.5) is 11.4 Å². The zero-order valence-corrected chi connectivity index (χ0v) is 10.8. The molecule has 98 valence electrons. The lowest BCUT2D eigenvalue weighted by Gasteiger charge is -2.40. The molecule has 2 heterocycles. The molecule has 4 heteroatoms. The minimum atomic E-state index is 0.285. The van der Waals surface area contributed by atoms with Gasteiger partial charge in [0, 0.05) is 19.1 Å². The number of benzene rings is 1. The molecule has 0 bridgehead atoms. The van der Waals surface area contributed by atoms with Crippen LogP contribution < -0.4 is 10.2 Å². The summed E-state index contributed by atoms with van der Waals surface area (Å²) in [6, 6.07) is 8.98. The van der Waals surface area contributed by atoms with Gasteiger partial charge < -0.3 is 19.7 Å². The van der Waals surface area contributed by atoms with Crippen LogP contribution in [-0.4, -0.2) is 38.6 Å². The summed E-state index contributed by atoms with van der Waals surface area (Å²) in [5, 5.41) is 3.47. The quantitative estimate of drug-likeness (QED) is 0.868. The summed E-state index contributed by atoms with van der Waals surface area (Å²) in [6.45, 7) is 5.44. The maximum Gasteiger partial charge on any atom is 0.147 e. The Morgan fingerprint density at radius 3 is 3.11 bits per heavy atom. The number of hydrogen-bond acceptors (Lipinski definition) is 4. The minimum Gasteiger partial charge on any atom is -0.381 e. The number of rotatable bonds is 2. The van der Waals surface area contributed by atoms with Gasteiger partial charge in [0.1, 0.15) is 6.79 Å². The van der Waals surface area contributed by atoms with Crippen LogP contribution in [0.2, 0.25) is 0 Å². The van der Waals surface area contributed by atoms with E-state index in [0.717, 1.165) is 26.1 Å². The second-order valence-electron chi connectivity index (χ2n) is 5.00. The van der Waals surface area contributed by atoms with Crippen molar-refractivity contribution in [2.24, 2.45) is 0 Å². The van der Waals surface area contributed by atoms with Crippen LogP contribution >= 0.6 is 0 Å². The molecule has 1 saturated heterocycles. The van der Waals surface area contributed by atoms with Crippen molar-refractivity contribution >= 4 is 11.4 Å². The van der Waals surface area contributed by atoms with Gasteiger partial charge in [0.15, 0.2) is 0 Å². The van der Waals surface area contributed by atoms with E-state index in [1.54, 1.807) is 0 Å². The molecule has 1 aromatic carbocycles. The Morgan fingerprint density at radius 2 is 2.28 bits per heavy atom. The fourth-order valence-corrected chi connectivity index (χ4v) is 2.62. The van der Waals surface area contributed by atoms with Gasteiger partial charge in [-0.3, -0.25) is 0 Å². The van der Waals surface area contributed by atoms with Crippen LogP contribution in [0, 0.1) is 0 Å². The van der Waals surface area contributed by atoms with E-state index in [2.05, 4.69) is 41.4 Å². The normalized spacial score (nSPS) is 27.5. The third-order valence-corrected chi connectivity index (χ3v) is 3.71. The fourth-order valence-electron chi connectivity index (χ4n) is 2.62. The molecule has 2 aliphatic heterocycles. The molecule has 0 aliphatic carbocycles. The van der Waals surface area contributed by atoms with Crippen LogP contribution in [0.25, 0.3) is 0 Å². The Bertz CT molecular complexity index is 405. The van der Waals surface area contributed by atoms with Crippen molar-refractivity contribution in [3.63, 3.8) is 0 Å². The monoisotopic (exact) mass is 248 g/mol. The highest BCUT2D eigenvalue weighted by atomic mass is 16.7. The Morgan fingerprint density at radius 1 is 1.39 bits per heavy atom. The third-order valence-electron chi connectivity index (χ3n) is 3.71. The number of nitrogens with zero attached hydrogens (tertiary/aromatic N) is 1. The fraction of sp³-hybridized carbons (Fsp3) is 0.571. The first-order chi connectivity index (χ1) is 8.84.